The van der Waals surface area contributed by atoms with Crippen LogP contribution in [0.5, 0.6) is 0 Å². The molecule has 0 atom stereocenters. The van der Waals surface area contributed by atoms with E-state index in [1.807, 2.05) is 0 Å². The molecule has 0 aliphatic carbocycles. The Hall–Kier alpha value is 0.543. The van der Waals surface area contributed by atoms with Gasteiger partial charge >= 0.3 is 104 Å². The summed E-state index contributed by atoms with van der Waals surface area (Å²) in [7, 11) is 0. The van der Waals surface area contributed by atoms with Gasteiger partial charge in [0.15, 0.2) is 0 Å². The monoisotopic (exact) mass is 274 g/mol. The molecule has 0 saturated carbocycles. The van der Waals surface area contributed by atoms with E-state index in [1.54, 1.807) is 23.3 Å². The molecule has 0 bridgehead atoms. The zero-order chi connectivity index (χ0) is 11.2. The van der Waals surface area contributed by atoms with Crippen LogP contribution in [0.4, 0.5) is 0 Å². The van der Waals surface area contributed by atoms with Crippen LogP contribution in [0.2, 0.25) is 10.5 Å². The standard InChI is InChI=1S/C14H32Ge/c1-3-5-7-9-11-13-15-14-12-10-8-6-4-2/h3-15H2,1-2H3. The van der Waals surface area contributed by atoms with Gasteiger partial charge < -0.3 is 0 Å². The zero-order valence-electron chi connectivity index (χ0n) is 11.2. The molecular formula is C14H32Ge. The summed E-state index contributed by atoms with van der Waals surface area (Å²) in [6.07, 6.45) is 14.9. The summed E-state index contributed by atoms with van der Waals surface area (Å²) in [4.78, 5) is 0. The topological polar surface area (TPSA) is 0 Å². The van der Waals surface area contributed by atoms with Gasteiger partial charge in [0.25, 0.3) is 0 Å². The van der Waals surface area contributed by atoms with Gasteiger partial charge in [0, 0.05) is 0 Å². The third kappa shape index (κ3) is 14.5. The molecule has 0 aliphatic rings. The third-order valence-corrected chi connectivity index (χ3v) is 7.40. The Kier molecular flexibility index (Phi) is 15.1. The molecule has 15 heavy (non-hydrogen) atoms. The van der Waals surface area contributed by atoms with E-state index in [9.17, 15) is 0 Å². The number of rotatable bonds is 12. The van der Waals surface area contributed by atoms with E-state index in [2.05, 4.69) is 13.8 Å². The molecule has 0 aromatic heterocycles. The maximum absolute atomic E-state index is 2.30. The molecule has 92 valence electrons. The molecule has 0 nitrogen and oxygen atoms in total. The van der Waals surface area contributed by atoms with Gasteiger partial charge in [-0.05, 0) is 0 Å². The van der Waals surface area contributed by atoms with Gasteiger partial charge in [-0.3, -0.25) is 0 Å². The molecule has 0 radical (unpaired) electrons. The van der Waals surface area contributed by atoms with E-state index in [4.69, 9.17) is 0 Å². The minimum atomic E-state index is -0.0568. The van der Waals surface area contributed by atoms with Gasteiger partial charge in [0.2, 0.25) is 0 Å². The minimum absolute atomic E-state index is 0.0568. The second-order valence-corrected chi connectivity index (χ2v) is 9.34. The van der Waals surface area contributed by atoms with Crippen molar-refractivity contribution in [2.24, 2.45) is 0 Å². The summed E-state index contributed by atoms with van der Waals surface area (Å²) >= 11 is -0.0568. The molecule has 0 spiro atoms. The SMILES string of the molecule is CCCCCC[CH2][GeH2][CH2]CCCCCC. The first kappa shape index (κ1) is 15.5. The Morgan fingerprint density at radius 1 is 0.533 bits per heavy atom. The van der Waals surface area contributed by atoms with Crippen molar-refractivity contribution in [2.75, 3.05) is 0 Å². The van der Waals surface area contributed by atoms with Crippen molar-refractivity contribution in [3.8, 4) is 0 Å². The van der Waals surface area contributed by atoms with Crippen LogP contribution < -0.4 is 0 Å². The molecular weight excluding hydrogens is 241 g/mol. The predicted molar refractivity (Wildman–Crippen MR) is 75.7 cm³/mol. The fraction of sp³-hybridized carbons (Fsp3) is 1.00. The van der Waals surface area contributed by atoms with Crippen molar-refractivity contribution in [2.45, 2.75) is 88.6 Å². The van der Waals surface area contributed by atoms with Gasteiger partial charge in [-0.15, -0.1) is 0 Å². The summed E-state index contributed by atoms with van der Waals surface area (Å²) in [5.74, 6) is 0. The average molecular weight is 273 g/mol. The van der Waals surface area contributed by atoms with Crippen LogP contribution in [0.25, 0.3) is 0 Å². The summed E-state index contributed by atoms with van der Waals surface area (Å²) in [6.45, 7) is 4.60. The van der Waals surface area contributed by atoms with Crippen LogP contribution in [0.15, 0.2) is 0 Å². The molecule has 0 fully saturated rings. The van der Waals surface area contributed by atoms with E-state index >= 15 is 0 Å². The number of hydrogen-bond acceptors (Lipinski definition) is 0. The van der Waals surface area contributed by atoms with Gasteiger partial charge in [0.05, 0.1) is 0 Å². The molecule has 0 saturated heterocycles. The molecule has 0 rings (SSSR count). The Morgan fingerprint density at radius 3 is 1.33 bits per heavy atom. The zero-order valence-corrected chi connectivity index (χ0v) is 14.2. The molecule has 0 aliphatic heterocycles. The second-order valence-electron chi connectivity index (χ2n) is 4.89. The Balaban J connectivity index is 2.81. The quantitative estimate of drug-likeness (QED) is 0.349. The van der Waals surface area contributed by atoms with Crippen molar-refractivity contribution < 1.29 is 0 Å². The van der Waals surface area contributed by atoms with Gasteiger partial charge in [-0.1, -0.05) is 0 Å². The molecule has 0 N–H and O–H groups in total. The predicted octanol–water partition coefficient (Wildman–Crippen LogP) is 4.93. The first-order valence-corrected chi connectivity index (χ1v) is 11.6. The van der Waals surface area contributed by atoms with Crippen LogP contribution in [0.1, 0.15) is 78.1 Å². The molecule has 0 amide bonds. The molecule has 0 aromatic rings. The van der Waals surface area contributed by atoms with E-state index in [1.165, 1.54) is 51.4 Å². The second kappa shape index (κ2) is 14.5. The van der Waals surface area contributed by atoms with Crippen molar-refractivity contribution >= 4 is 15.4 Å². The van der Waals surface area contributed by atoms with Crippen LogP contribution >= 0.6 is 0 Å². The Morgan fingerprint density at radius 2 is 0.933 bits per heavy atom. The van der Waals surface area contributed by atoms with Crippen molar-refractivity contribution in [3.05, 3.63) is 0 Å². The van der Waals surface area contributed by atoms with E-state index < -0.39 is 0 Å². The van der Waals surface area contributed by atoms with E-state index in [0.717, 1.165) is 0 Å². The maximum atomic E-state index is 2.30. The van der Waals surface area contributed by atoms with Crippen LogP contribution in [-0.4, -0.2) is 15.4 Å². The number of unbranched alkanes of at least 4 members (excludes halogenated alkanes) is 8. The number of hydrogen-bond donors (Lipinski definition) is 0. The van der Waals surface area contributed by atoms with Gasteiger partial charge in [0.1, 0.15) is 0 Å². The van der Waals surface area contributed by atoms with E-state index in [0.29, 0.717) is 0 Å². The Labute approximate surface area is 104 Å². The van der Waals surface area contributed by atoms with Gasteiger partial charge in [-0.25, -0.2) is 0 Å². The molecule has 0 heterocycles. The Bertz CT molecular complexity index is 89.5. The first-order chi connectivity index (χ1) is 7.41. The van der Waals surface area contributed by atoms with Crippen LogP contribution in [-0.2, 0) is 0 Å². The molecule has 0 unspecified atom stereocenters. The third-order valence-electron chi connectivity index (χ3n) is 3.21. The van der Waals surface area contributed by atoms with Crippen molar-refractivity contribution in [3.63, 3.8) is 0 Å². The average Bonchev–Trinajstić information content (AvgIpc) is 2.26. The summed E-state index contributed by atoms with van der Waals surface area (Å²) in [5.41, 5.74) is 0. The summed E-state index contributed by atoms with van der Waals surface area (Å²) in [6, 6.07) is 0. The normalized spacial score (nSPS) is 10.8. The first-order valence-electron chi connectivity index (χ1n) is 7.41. The molecule has 1 heteroatoms. The van der Waals surface area contributed by atoms with Crippen LogP contribution in [0.3, 0.4) is 0 Å². The fourth-order valence-electron chi connectivity index (χ4n) is 2.09. The summed E-state index contributed by atoms with van der Waals surface area (Å²) < 4.78 is 0. The van der Waals surface area contributed by atoms with Crippen LogP contribution in [0, 0.1) is 0 Å². The molecule has 0 aromatic carbocycles. The van der Waals surface area contributed by atoms with Crippen molar-refractivity contribution in [1.29, 1.82) is 0 Å². The fourth-order valence-corrected chi connectivity index (χ4v) is 5.80. The van der Waals surface area contributed by atoms with Gasteiger partial charge in [-0.2, -0.15) is 0 Å². The summed E-state index contributed by atoms with van der Waals surface area (Å²) in [5, 5.41) is 3.34. The van der Waals surface area contributed by atoms with E-state index in [-0.39, 0.29) is 15.4 Å². The van der Waals surface area contributed by atoms with Crippen molar-refractivity contribution in [1.82, 2.24) is 0 Å².